The second-order valence-electron chi connectivity index (χ2n) is 6.92. The van der Waals surface area contributed by atoms with E-state index in [1.807, 2.05) is 79.7 Å². The van der Waals surface area contributed by atoms with Crippen molar-refractivity contribution in [3.63, 3.8) is 0 Å². The molecule has 0 saturated heterocycles. The largest absolute Gasteiger partial charge is 0.487 e. The van der Waals surface area contributed by atoms with E-state index in [1.165, 1.54) is 0 Å². The lowest BCUT2D eigenvalue weighted by molar-refractivity contribution is 0.299. The molecule has 0 spiro atoms. The van der Waals surface area contributed by atoms with Crippen LogP contribution in [-0.2, 0) is 6.61 Å². The van der Waals surface area contributed by atoms with Gasteiger partial charge >= 0.3 is 0 Å². The number of rotatable bonds is 5. The van der Waals surface area contributed by atoms with E-state index in [9.17, 15) is 0 Å². The van der Waals surface area contributed by atoms with Crippen molar-refractivity contribution in [2.24, 2.45) is 0 Å². The van der Waals surface area contributed by atoms with Gasteiger partial charge in [-0.15, -0.1) is 0 Å². The third kappa shape index (κ3) is 3.55. The smallest absolute Gasteiger partial charge is 0.228 e. The number of aryl methyl sites for hydroxylation is 1. The zero-order valence-electron chi connectivity index (χ0n) is 16.2. The predicted molar refractivity (Wildman–Crippen MR) is 118 cm³/mol. The van der Waals surface area contributed by atoms with Crippen LogP contribution in [0.1, 0.15) is 11.5 Å². The maximum absolute atomic E-state index is 6.25. The van der Waals surface area contributed by atoms with Crippen LogP contribution in [0.15, 0.2) is 77.2 Å². The fourth-order valence-electron chi connectivity index (χ4n) is 3.26. The normalized spacial score (nSPS) is 11.1. The maximum atomic E-state index is 6.25. The highest BCUT2D eigenvalue weighted by Crippen LogP contribution is 2.29. The molecule has 6 heteroatoms. The fraction of sp³-hybridized carbons (Fsp3) is 0.0833. The number of fused-ring (bicyclic) bond motifs is 1. The van der Waals surface area contributed by atoms with Gasteiger partial charge < -0.3 is 14.1 Å². The number of para-hydroxylation sites is 2. The van der Waals surface area contributed by atoms with Crippen LogP contribution in [0, 0.1) is 6.92 Å². The molecule has 0 bridgehead atoms. The fourth-order valence-corrected chi connectivity index (χ4v) is 3.48. The van der Waals surface area contributed by atoms with Gasteiger partial charge in [0.25, 0.3) is 0 Å². The molecule has 0 saturated carbocycles. The third-order valence-corrected chi connectivity index (χ3v) is 5.22. The molecule has 2 heterocycles. The lowest BCUT2D eigenvalue weighted by Crippen LogP contribution is -1.97. The molecule has 0 aliphatic rings. The molecule has 0 atom stereocenters. The van der Waals surface area contributed by atoms with E-state index in [4.69, 9.17) is 20.8 Å². The van der Waals surface area contributed by atoms with Crippen LogP contribution in [-0.4, -0.2) is 15.0 Å². The summed E-state index contributed by atoms with van der Waals surface area (Å²) < 4.78 is 11.7. The number of aromatic nitrogens is 3. The molecule has 0 aliphatic carbocycles. The standard InChI is InChI=1S/C24H18ClN3O2/c1-15-22(28-24(30-15)18-6-2-3-7-19(18)25)14-29-17-12-10-16(11-13-17)23-26-20-8-4-5-9-21(20)27-23/h2-13H,14H2,1H3,(H,26,27). The summed E-state index contributed by atoms with van der Waals surface area (Å²) in [6.07, 6.45) is 0. The Balaban J connectivity index is 1.31. The summed E-state index contributed by atoms with van der Waals surface area (Å²) in [4.78, 5) is 12.5. The topological polar surface area (TPSA) is 63.9 Å². The van der Waals surface area contributed by atoms with Crippen molar-refractivity contribution in [3.05, 3.63) is 89.3 Å². The molecule has 5 nitrogen and oxygen atoms in total. The Hall–Kier alpha value is -3.57. The first-order valence-corrected chi connectivity index (χ1v) is 9.94. The average molecular weight is 416 g/mol. The number of oxazole rings is 1. The minimum Gasteiger partial charge on any atom is -0.487 e. The quantitative estimate of drug-likeness (QED) is 0.359. The Morgan fingerprint density at radius 2 is 1.70 bits per heavy atom. The second-order valence-corrected chi connectivity index (χ2v) is 7.32. The van der Waals surface area contributed by atoms with Gasteiger partial charge in [0, 0.05) is 5.56 Å². The minimum absolute atomic E-state index is 0.309. The molecule has 0 fully saturated rings. The van der Waals surface area contributed by atoms with E-state index in [1.54, 1.807) is 0 Å². The zero-order valence-corrected chi connectivity index (χ0v) is 17.0. The van der Waals surface area contributed by atoms with Crippen molar-refractivity contribution < 1.29 is 9.15 Å². The van der Waals surface area contributed by atoms with E-state index in [0.717, 1.165) is 39.4 Å². The van der Waals surface area contributed by atoms with Crippen LogP contribution in [0.4, 0.5) is 0 Å². The molecular formula is C24H18ClN3O2. The van der Waals surface area contributed by atoms with E-state index in [-0.39, 0.29) is 0 Å². The number of H-pyrrole nitrogens is 1. The number of hydrogen-bond donors (Lipinski definition) is 1. The second kappa shape index (κ2) is 7.69. The summed E-state index contributed by atoms with van der Waals surface area (Å²) in [5, 5.41) is 0.604. The monoisotopic (exact) mass is 415 g/mol. The van der Waals surface area contributed by atoms with Gasteiger partial charge in [-0.05, 0) is 55.5 Å². The van der Waals surface area contributed by atoms with Gasteiger partial charge in [-0.25, -0.2) is 9.97 Å². The molecule has 1 N–H and O–H groups in total. The highest BCUT2D eigenvalue weighted by atomic mass is 35.5. The van der Waals surface area contributed by atoms with Gasteiger partial charge in [0.05, 0.1) is 21.6 Å². The van der Waals surface area contributed by atoms with Crippen LogP contribution in [0.2, 0.25) is 5.02 Å². The van der Waals surface area contributed by atoms with E-state index < -0.39 is 0 Å². The van der Waals surface area contributed by atoms with Gasteiger partial charge in [-0.1, -0.05) is 35.9 Å². The summed E-state index contributed by atoms with van der Waals surface area (Å²) in [7, 11) is 0. The van der Waals surface area contributed by atoms with E-state index >= 15 is 0 Å². The number of nitrogens with zero attached hydrogens (tertiary/aromatic N) is 2. The molecule has 148 valence electrons. The molecular weight excluding hydrogens is 398 g/mol. The van der Waals surface area contributed by atoms with Crippen LogP contribution < -0.4 is 4.74 Å². The molecule has 0 unspecified atom stereocenters. The zero-order chi connectivity index (χ0) is 20.5. The lowest BCUT2D eigenvalue weighted by Gasteiger charge is -2.05. The van der Waals surface area contributed by atoms with E-state index in [2.05, 4.69) is 15.0 Å². The third-order valence-electron chi connectivity index (χ3n) is 4.89. The van der Waals surface area contributed by atoms with Crippen LogP contribution >= 0.6 is 11.6 Å². The summed E-state index contributed by atoms with van der Waals surface area (Å²) in [6, 6.07) is 23.3. The number of hydrogen-bond acceptors (Lipinski definition) is 4. The van der Waals surface area contributed by atoms with Crippen LogP contribution in [0.5, 0.6) is 5.75 Å². The number of benzene rings is 3. The molecule has 0 amide bonds. The number of aromatic amines is 1. The molecule has 2 aromatic heterocycles. The van der Waals surface area contributed by atoms with E-state index in [0.29, 0.717) is 23.3 Å². The van der Waals surface area contributed by atoms with Crippen molar-refractivity contribution >= 4 is 22.6 Å². The Morgan fingerprint density at radius 3 is 2.50 bits per heavy atom. The molecule has 0 radical (unpaired) electrons. The van der Waals surface area contributed by atoms with Crippen molar-refractivity contribution in [1.29, 1.82) is 0 Å². The van der Waals surface area contributed by atoms with Crippen molar-refractivity contribution in [2.75, 3.05) is 0 Å². The van der Waals surface area contributed by atoms with Gasteiger partial charge in [0.1, 0.15) is 29.6 Å². The Kier molecular flexibility index (Phi) is 4.73. The number of halogens is 1. The highest BCUT2D eigenvalue weighted by molar-refractivity contribution is 6.33. The predicted octanol–water partition coefficient (Wildman–Crippen LogP) is 6.43. The molecule has 5 aromatic rings. The van der Waals surface area contributed by atoms with Gasteiger partial charge in [0.2, 0.25) is 5.89 Å². The summed E-state index contributed by atoms with van der Waals surface area (Å²) in [6.45, 7) is 2.18. The summed E-state index contributed by atoms with van der Waals surface area (Å²) in [5.41, 5.74) is 4.47. The highest BCUT2D eigenvalue weighted by Gasteiger charge is 2.14. The van der Waals surface area contributed by atoms with Crippen molar-refractivity contribution in [3.8, 4) is 28.6 Å². The van der Waals surface area contributed by atoms with Gasteiger partial charge in [-0.2, -0.15) is 0 Å². The molecule has 3 aromatic carbocycles. The molecule has 5 rings (SSSR count). The van der Waals surface area contributed by atoms with Crippen LogP contribution in [0.25, 0.3) is 33.9 Å². The first-order valence-electron chi connectivity index (χ1n) is 9.56. The summed E-state index contributed by atoms with van der Waals surface area (Å²) >= 11 is 6.25. The Labute approximate surface area is 178 Å². The Morgan fingerprint density at radius 1 is 0.933 bits per heavy atom. The van der Waals surface area contributed by atoms with Gasteiger partial charge in [-0.3, -0.25) is 0 Å². The minimum atomic E-state index is 0.309. The Bertz CT molecular complexity index is 1290. The number of nitrogens with one attached hydrogen (secondary N) is 1. The first kappa shape index (κ1) is 18.5. The van der Waals surface area contributed by atoms with Crippen molar-refractivity contribution in [2.45, 2.75) is 13.5 Å². The van der Waals surface area contributed by atoms with Gasteiger partial charge in [0.15, 0.2) is 0 Å². The van der Waals surface area contributed by atoms with Crippen LogP contribution in [0.3, 0.4) is 0 Å². The number of ether oxygens (including phenoxy) is 1. The number of imidazole rings is 1. The van der Waals surface area contributed by atoms with Crippen molar-refractivity contribution in [1.82, 2.24) is 15.0 Å². The lowest BCUT2D eigenvalue weighted by atomic mass is 10.2. The molecule has 30 heavy (non-hydrogen) atoms. The average Bonchev–Trinajstić information content (AvgIpc) is 3.36. The first-order chi connectivity index (χ1) is 14.7. The maximum Gasteiger partial charge on any atom is 0.228 e. The molecule has 0 aliphatic heterocycles. The summed E-state index contributed by atoms with van der Waals surface area (Å²) in [5.74, 6) is 2.79. The SMILES string of the molecule is Cc1oc(-c2ccccc2Cl)nc1COc1ccc(-c2nc3ccccc3[nH]2)cc1.